The van der Waals surface area contributed by atoms with Crippen LogP contribution in [-0.2, 0) is 11.2 Å². The van der Waals surface area contributed by atoms with Gasteiger partial charge in [-0.05, 0) is 42.3 Å². The van der Waals surface area contributed by atoms with Gasteiger partial charge in [-0.15, -0.1) is 0 Å². The highest BCUT2D eigenvalue weighted by molar-refractivity contribution is 7.07. The molecule has 1 atom stereocenters. The molecule has 74 valence electrons. The molecule has 1 aromatic rings. The third-order valence-electron chi connectivity index (χ3n) is 2.00. The van der Waals surface area contributed by atoms with Crippen molar-refractivity contribution in [1.29, 1.82) is 0 Å². The summed E-state index contributed by atoms with van der Waals surface area (Å²) in [6, 6.07) is 2.17. The molecular weight excluding hydrogens is 182 g/mol. The summed E-state index contributed by atoms with van der Waals surface area (Å²) in [5.74, 6) is 0. The van der Waals surface area contributed by atoms with Crippen LogP contribution in [0.1, 0.15) is 12.5 Å². The lowest BCUT2D eigenvalue weighted by atomic mass is 10.2. The fourth-order valence-electron chi connectivity index (χ4n) is 1.06. The largest absolute Gasteiger partial charge is 0.380 e. The maximum absolute atomic E-state index is 5.13. The van der Waals surface area contributed by atoms with E-state index in [0.29, 0.717) is 6.10 Å². The van der Waals surface area contributed by atoms with Gasteiger partial charge in [-0.25, -0.2) is 0 Å². The van der Waals surface area contributed by atoms with Crippen LogP contribution in [0.5, 0.6) is 0 Å². The van der Waals surface area contributed by atoms with E-state index in [9.17, 15) is 0 Å². The van der Waals surface area contributed by atoms with Gasteiger partial charge in [0.1, 0.15) is 0 Å². The van der Waals surface area contributed by atoms with Crippen molar-refractivity contribution < 1.29 is 4.74 Å². The molecule has 0 aliphatic rings. The Morgan fingerprint density at radius 2 is 2.46 bits per heavy atom. The van der Waals surface area contributed by atoms with Gasteiger partial charge < -0.3 is 10.1 Å². The molecule has 0 saturated heterocycles. The van der Waals surface area contributed by atoms with Crippen molar-refractivity contribution in [2.75, 3.05) is 20.2 Å². The van der Waals surface area contributed by atoms with Crippen LogP contribution in [0.2, 0.25) is 0 Å². The van der Waals surface area contributed by atoms with Crippen LogP contribution in [0.4, 0.5) is 0 Å². The molecule has 0 amide bonds. The van der Waals surface area contributed by atoms with Gasteiger partial charge >= 0.3 is 0 Å². The molecule has 0 saturated carbocycles. The molecule has 0 bridgehead atoms. The molecule has 0 aliphatic heterocycles. The maximum atomic E-state index is 5.13. The molecule has 2 nitrogen and oxygen atoms in total. The summed E-state index contributed by atoms with van der Waals surface area (Å²) in [7, 11) is 1.74. The SMILES string of the molecule is COC(C)CNCCc1ccsc1. The van der Waals surface area contributed by atoms with E-state index >= 15 is 0 Å². The van der Waals surface area contributed by atoms with Crippen LogP contribution < -0.4 is 5.32 Å². The average molecular weight is 199 g/mol. The molecule has 0 spiro atoms. The van der Waals surface area contributed by atoms with Gasteiger partial charge in [0.15, 0.2) is 0 Å². The smallest absolute Gasteiger partial charge is 0.0667 e. The van der Waals surface area contributed by atoms with Crippen molar-refractivity contribution in [1.82, 2.24) is 5.32 Å². The van der Waals surface area contributed by atoms with Gasteiger partial charge in [0, 0.05) is 13.7 Å². The minimum absolute atomic E-state index is 0.308. The lowest BCUT2D eigenvalue weighted by Gasteiger charge is -2.09. The summed E-state index contributed by atoms with van der Waals surface area (Å²) in [5.41, 5.74) is 1.42. The summed E-state index contributed by atoms with van der Waals surface area (Å²) in [6.07, 6.45) is 1.42. The highest BCUT2D eigenvalue weighted by Crippen LogP contribution is 2.05. The lowest BCUT2D eigenvalue weighted by Crippen LogP contribution is -2.27. The summed E-state index contributed by atoms with van der Waals surface area (Å²) < 4.78 is 5.13. The van der Waals surface area contributed by atoms with E-state index in [2.05, 4.69) is 29.1 Å². The zero-order valence-electron chi connectivity index (χ0n) is 8.25. The first kappa shape index (κ1) is 10.7. The second kappa shape index (κ2) is 6.13. The van der Waals surface area contributed by atoms with Crippen LogP contribution >= 0.6 is 11.3 Å². The Kier molecular flexibility index (Phi) is 5.05. The molecule has 1 heterocycles. The van der Waals surface area contributed by atoms with Gasteiger partial charge in [0.2, 0.25) is 0 Å². The molecular formula is C10H17NOS. The molecule has 0 radical (unpaired) electrons. The van der Waals surface area contributed by atoms with Crippen LogP contribution in [-0.4, -0.2) is 26.3 Å². The first-order chi connectivity index (χ1) is 6.33. The quantitative estimate of drug-likeness (QED) is 0.707. The maximum Gasteiger partial charge on any atom is 0.0667 e. The van der Waals surface area contributed by atoms with Crippen molar-refractivity contribution in [3.63, 3.8) is 0 Å². The second-order valence-corrected chi connectivity index (χ2v) is 3.91. The zero-order valence-corrected chi connectivity index (χ0v) is 9.06. The van der Waals surface area contributed by atoms with Gasteiger partial charge in [-0.2, -0.15) is 11.3 Å². The van der Waals surface area contributed by atoms with E-state index in [4.69, 9.17) is 4.74 Å². The minimum atomic E-state index is 0.308. The Bertz CT molecular complexity index is 211. The molecule has 0 aromatic carbocycles. The van der Waals surface area contributed by atoms with Gasteiger partial charge in [-0.3, -0.25) is 0 Å². The van der Waals surface area contributed by atoms with E-state index < -0.39 is 0 Å². The third kappa shape index (κ3) is 4.41. The number of nitrogens with one attached hydrogen (secondary N) is 1. The molecule has 3 heteroatoms. The predicted molar refractivity (Wildman–Crippen MR) is 57.4 cm³/mol. The van der Waals surface area contributed by atoms with Crippen LogP contribution in [0, 0.1) is 0 Å². The summed E-state index contributed by atoms with van der Waals surface area (Å²) >= 11 is 1.76. The molecule has 13 heavy (non-hydrogen) atoms. The average Bonchev–Trinajstić information content (AvgIpc) is 2.64. The molecule has 1 aromatic heterocycles. The molecule has 0 fully saturated rings. The highest BCUT2D eigenvalue weighted by Gasteiger charge is 1.97. The third-order valence-corrected chi connectivity index (χ3v) is 2.74. The van der Waals surface area contributed by atoms with Crippen molar-refractivity contribution >= 4 is 11.3 Å². The van der Waals surface area contributed by atoms with E-state index in [1.165, 1.54) is 5.56 Å². The molecule has 1 unspecified atom stereocenters. The lowest BCUT2D eigenvalue weighted by molar-refractivity contribution is 0.117. The zero-order chi connectivity index (χ0) is 9.52. The van der Waals surface area contributed by atoms with E-state index in [-0.39, 0.29) is 0 Å². The van der Waals surface area contributed by atoms with E-state index in [1.807, 2.05) is 0 Å². The Morgan fingerprint density at radius 1 is 1.62 bits per heavy atom. The highest BCUT2D eigenvalue weighted by atomic mass is 32.1. The number of thiophene rings is 1. The fourth-order valence-corrected chi connectivity index (χ4v) is 1.76. The van der Waals surface area contributed by atoms with Crippen LogP contribution in [0.15, 0.2) is 16.8 Å². The summed E-state index contributed by atoms with van der Waals surface area (Å²) in [5, 5.41) is 7.67. The first-order valence-corrected chi connectivity index (χ1v) is 5.52. The number of hydrogen-bond donors (Lipinski definition) is 1. The van der Waals surface area contributed by atoms with Crippen molar-refractivity contribution in [3.05, 3.63) is 22.4 Å². The Morgan fingerprint density at radius 3 is 3.08 bits per heavy atom. The van der Waals surface area contributed by atoms with Crippen molar-refractivity contribution in [3.8, 4) is 0 Å². The first-order valence-electron chi connectivity index (χ1n) is 4.57. The predicted octanol–water partition coefficient (Wildman–Crippen LogP) is 1.92. The van der Waals surface area contributed by atoms with Crippen LogP contribution in [0.3, 0.4) is 0 Å². The van der Waals surface area contributed by atoms with E-state index in [0.717, 1.165) is 19.5 Å². The fraction of sp³-hybridized carbons (Fsp3) is 0.600. The summed E-state index contributed by atoms with van der Waals surface area (Å²) in [6.45, 7) is 4.03. The molecule has 1 rings (SSSR count). The number of methoxy groups -OCH3 is 1. The van der Waals surface area contributed by atoms with Gasteiger partial charge in [0.25, 0.3) is 0 Å². The number of ether oxygens (including phenoxy) is 1. The molecule has 1 N–H and O–H groups in total. The normalized spacial score (nSPS) is 13.1. The Hall–Kier alpha value is -0.380. The van der Waals surface area contributed by atoms with Crippen LogP contribution in [0.25, 0.3) is 0 Å². The second-order valence-electron chi connectivity index (χ2n) is 3.13. The Labute approximate surface area is 83.9 Å². The van der Waals surface area contributed by atoms with E-state index in [1.54, 1.807) is 18.4 Å². The van der Waals surface area contributed by atoms with Crippen molar-refractivity contribution in [2.24, 2.45) is 0 Å². The number of hydrogen-bond acceptors (Lipinski definition) is 3. The topological polar surface area (TPSA) is 21.3 Å². The Balaban J connectivity index is 2.02. The monoisotopic (exact) mass is 199 g/mol. The van der Waals surface area contributed by atoms with Gasteiger partial charge in [0.05, 0.1) is 6.10 Å². The van der Waals surface area contributed by atoms with Crippen molar-refractivity contribution in [2.45, 2.75) is 19.4 Å². The minimum Gasteiger partial charge on any atom is -0.380 e. The number of rotatable bonds is 6. The van der Waals surface area contributed by atoms with Gasteiger partial charge in [-0.1, -0.05) is 0 Å². The summed E-state index contributed by atoms with van der Waals surface area (Å²) in [4.78, 5) is 0. The standard InChI is InChI=1S/C10H17NOS/c1-9(12-2)7-11-5-3-10-4-6-13-8-10/h4,6,8-9,11H,3,5,7H2,1-2H3. The molecule has 0 aliphatic carbocycles.